The van der Waals surface area contributed by atoms with E-state index >= 15 is 0 Å². The molecular formula is C20H27NO3. The predicted octanol–water partition coefficient (Wildman–Crippen LogP) is 3.36. The first-order chi connectivity index (χ1) is 11.7. The topological polar surface area (TPSA) is 38.8 Å². The fourth-order valence-corrected chi connectivity index (χ4v) is 4.52. The number of amides is 1. The van der Waals surface area contributed by atoms with Crippen LogP contribution in [0.2, 0.25) is 0 Å². The first kappa shape index (κ1) is 15.9. The van der Waals surface area contributed by atoms with Gasteiger partial charge in [-0.1, -0.05) is 25.1 Å². The van der Waals surface area contributed by atoms with Crippen LogP contribution < -0.4 is 4.74 Å². The van der Waals surface area contributed by atoms with Crippen LogP contribution in [0.25, 0.3) is 0 Å². The Labute approximate surface area is 144 Å². The zero-order chi connectivity index (χ0) is 16.5. The van der Waals surface area contributed by atoms with Gasteiger partial charge in [-0.2, -0.15) is 0 Å². The van der Waals surface area contributed by atoms with Gasteiger partial charge in [0.2, 0.25) is 0 Å². The van der Waals surface area contributed by atoms with Crippen molar-refractivity contribution in [2.45, 2.75) is 57.1 Å². The summed E-state index contributed by atoms with van der Waals surface area (Å²) in [5.41, 5.74) is 1.26. The fourth-order valence-electron chi connectivity index (χ4n) is 4.52. The Hall–Kier alpha value is -1.55. The Morgan fingerprint density at radius 1 is 1.08 bits per heavy atom. The highest BCUT2D eigenvalue weighted by Crippen LogP contribution is 2.39. The van der Waals surface area contributed by atoms with Gasteiger partial charge in [0.05, 0.1) is 18.8 Å². The van der Waals surface area contributed by atoms with Gasteiger partial charge in [0, 0.05) is 6.54 Å². The number of hydrogen-bond acceptors (Lipinski definition) is 3. The monoisotopic (exact) mass is 329 g/mol. The largest absolute Gasteiger partial charge is 0.483 e. The van der Waals surface area contributed by atoms with Crippen LogP contribution in [0.15, 0.2) is 24.3 Å². The first-order valence-corrected chi connectivity index (χ1v) is 9.35. The Morgan fingerprint density at radius 2 is 1.88 bits per heavy atom. The number of ether oxygens (including phenoxy) is 2. The molecule has 0 spiro atoms. The summed E-state index contributed by atoms with van der Waals surface area (Å²) in [6, 6.07) is 8.44. The molecule has 5 rings (SSSR count). The number of benzene rings is 1. The second kappa shape index (κ2) is 6.75. The van der Waals surface area contributed by atoms with Gasteiger partial charge in [0.25, 0.3) is 5.91 Å². The van der Waals surface area contributed by atoms with Crippen LogP contribution in [0.5, 0.6) is 5.75 Å². The summed E-state index contributed by atoms with van der Waals surface area (Å²) in [5, 5.41) is 0. The number of nitrogens with zero attached hydrogens (tertiary/aromatic N) is 1. The molecule has 130 valence electrons. The van der Waals surface area contributed by atoms with Crippen LogP contribution in [0.1, 0.15) is 50.5 Å². The van der Waals surface area contributed by atoms with Crippen molar-refractivity contribution in [3.8, 4) is 5.75 Å². The molecule has 0 N–H and O–H groups in total. The standard InChI is InChI=1S/C20H27NO3/c1-14-10-11-21-18(14)12-23-16-8-6-15(7-9-16)17-4-2-3-5-19(17)24-13-20(21)22/h2-5,14-16,18H,6-13H2,1H3/t14-,15?,16?,18-/m0/s1. The van der Waals surface area contributed by atoms with Crippen molar-refractivity contribution in [3.63, 3.8) is 0 Å². The molecule has 4 nitrogen and oxygen atoms in total. The lowest BCUT2D eigenvalue weighted by molar-refractivity contribution is -0.136. The molecule has 2 fully saturated rings. The summed E-state index contributed by atoms with van der Waals surface area (Å²) in [6.45, 7) is 3.87. The fraction of sp³-hybridized carbons (Fsp3) is 0.650. The third-order valence-electron chi connectivity index (χ3n) is 6.09. The third-order valence-corrected chi connectivity index (χ3v) is 6.09. The minimum absolute atomic E-state index is 0.0920. The van der Waals surface area contributed by atoms with E-state index in [1.54, 1.807) is 0 Å². The summed E-state index contributed by atoms with van der Waals surface area (Å²) in [7, 11) is 0. The molecule has 4 aliphatic rings. The molecular weight excluding hydrogens is 302 g/mol. The molecule has 0 radical (unpaired) electrons. The molecule has 2 bridgehead atoms. The lowest BCUT2D eigenvalue weighted by Gasteiger charge is -2.31. The molecule has 1 aromatic rings. The van der Waals surface area contributed by atoms with Gasteiger partial charge in [0.1, 0.15) is 5.75 Å². The van der Waals surface area contributed by atoms with Gasteiger partial charge in [-0.3, -0.25) is 4.79 Å². The minimum atomic E-state index is 0.0920. The first-order valence-electron chi connectivity index (χ1n) is 9.35. The minimum Gasteiger partial charge on any atom is -0.483 e. The van der Waals surface area contributed by atoms with Crippen LogP contribution in [0.4, 0.5) is 0 Å². The molecule has 3 aliphatic heterocycles. The lowest BCUT2D eigenvalue weighted by Crippen LogP contribution is -2.43. The van der Waals surface area contributed by atoms with E-state index in [1.165, 1.54) is 5.56 Å². The Kier molecular flexibility index (Phi) is 4.49. The normalized spacial score (nSPS) is 33.7. The quantitative estimate of drug-likeness (QED) is 0.732. The molecule has 1 aromatic carbocycles. The van der Waals surface area contributed by atoms with Crippen molar-refractivity contribution in [1.82, 2.24) is 4.90 Å². The van der Waals surface area contributed by atoms with Gasteiger partial charge in [-0.25, -0.2) is 0 Å². The molecule has 0 unspecified atom stereocenters. The number of carbonyl (C=O) groups is 1. The zero-order valence-electron chi connectivity index (χ0n) is 14.4. The van der Waals surface area contributed by atoms with E-state index < -0.39 is 0 Å². The smallest absolute Gasteiger partial charge is 0.260 e. The number of carbonyl (C=O) groups excluding carboxylic acids is 1. The van der Waals surface area contributed by atoms with Crippen molar-refractivity contribution in [2.75, 3.05) is 19.8 Å². The van der Waals surface area contributed by atoms with E-state index in [4.69, 9.17) is 9.47 Å². The second-order valence-electron chi connectivity index (χ2n) is 7.55. The lowest BCUT2D eigenvalue weighted by atomic mass is 9.82. The molecule has 24 heavy (non-hydrogen) atoms. The van der Waals surface area contributed by atoms with Gasteiger partial charge in [-0.05, 0) is 55.6 Å². The Morgan fingerprint density at radius 3 is 2.71 bits per heavy atom. The summed E-state index contributed by atoms with van der Waals surface area (Å²) in [6.07, 6.45) is 5.90. The molecule has 0 aromatic heterocycles. The van der Waals surface area contributed by atoms with Crippen molar-refractivity contribution < 1.29 is 14.3 Å². The van der Waals surface area contributed by atoms with Crippen molar-refractivity contribution in [3.05, 3.63) is 29.8 Å². The van der Waals surface area contributed by atoms with E-state index in [-0.39, 0.29) is 18.6 Å². The predicted molar refractivity (Wildman–Crippen MR) is 92.2 cm³/mol. The average molecular weight is 329 g/mol. The van der Waals surface area contributed by atoms with Gasteiger partial charge in [0.15, 0.2) is 6.61 Å². The van der Waals surface area contributed by atoms with Crippen molar-refractivity contribution in [2.24, 2.45) is 5.92 Å². The molecule has 1 aliphatic carbocycles. The van der Waals surface area contributed by atoms with Crippen LogP contribution in [0, 0.1) is 5.92 Å². The summed E-state index contributed by atoms with van der Waals surface area (Å²) < 4.78 is 12.2. The molecule has 2 atom stereocenters. The van der Waals surface area contributed by atoms with Crippen LogP contribution >= 0.6 is 0 Å². The van der Waals surface area contributed by atoms with E-state index in [1.807, 2.05) is 17.0 Å². The van der Waals surface area contributed by atoms with E-state index in [0.29, 0.717) is 24.5 Å². The molecule has 3 heterocycles. The zero-order valence-corrected chi connectivity index (χ0v) is 14.4. The van der Waals surface area contributed by atoms with Crippen LogP contribution in [-0.4, -0.2) is 42.7 Å². The number of rotatable bonds is 0. The summed E-state index contributed by atoms with van der Waals surface area (Å²) in [5.74, 6) is 2.01. The van der Waals surface area contributed by atoms with E-state index in [0.717, 1.165) is 44.4 Å². The van der Waals surface area contributed by atoms with Crippen LogP contribution in [-0.2, 0) is 9.53 Å². The summed E-state index contributed by atoms with van der Waals surface area (Å²) in [4.78, 5) is 14.7. The Balaban J connectivity index is 1.61. The highest BCUT2D eigenvalue weighted by molar-refractivity contribution is 5.78. The van der Waals surface area contributed by atoms with E-state index in [9.17, 15) is 4.79 Å². The van der Waals surface area contributed by atoms with Gasteiger partial charge < -0.3 is 14.4 Å². The van der Waals surface area contributed by atoms with Crippen LogP contribution in [0.3, 0.4) is 0 Å². The maximum absolute atomic E-state index is 12.7. The highest BCUT2D eigenvalue weighted by atomic mass is 16.5. The van der Waals surface area contributed by atoms with Crippen molar-refractivity contribution in [1.29, 1.82) is 0 Å². The molecule has 1 amide bonds. The molecule has 1 saturated heterocycles. The van der Waals surface area contributed by atoms with Gasteiger partial charge >= 0.3 is 0 Å². The third kappa shape index (κ3) is 3.04. The highest BCUT2D eigenvalue weighted by Gasteiger charge is 2.36. The van der Waals surface area contributed by atoms with Crippen molar-refractivity contribution >= 4 is 5.91 Å². The van der Waals surface area contributed by atoms with E-state index in [2.05, 4.69) is 19.1 Å². The SMILES string of the molecule is C[C@H]1CCN2C(=O)COc3ccccc3C3CCC(CC3)OC[C@@H]12. The maximum atomic E-state index is 12.7. The number of para-hydroxylation sites is 1. The molecule has 1 saturated carbocycles. The van der Waals surface area contributed by atoms with Gasteiger partial charge in [-0.15, -0.1) is 0 Å². The second-order valence-corrected chi connectivity index (χ2v) is 7.55. The average Bonchev–Trinajstić information content (AvgIpc) is 2.99. The molecule has 4 heteroatoms. The maximum Gasteiger partial charge on any atom is 0.260 e. The summed E-state index contributed by atoms with van der Waals surface area (Å²) >= 11 is 0. The number of hydrogen-bond donors (Lipinski definition) is 0. The Bertz CT molecular complexity index is 594. The number of fused-ring (bicyclic) bond motifs is 5.